The highest BCUT2D eigenvalue weighted by Crippen LogP contribution is 2.23. The molecule has 0 spiro atoms. The summed E-state index contributed by atoms with van der Waals surface area (Å²) >= 11 is 0. The summed E-state index contributed by atoms with van der Waals surface area (Å²) in [7, 11) is 0. The van der Waals surface area contributed by atoms with E-state index >= 15 is 0 Å². The summed E-state index contributed by atoms with van der Waals surface area (Å²) in [5, 5.41) is 4.30. The highest BCUT2D eigenvalue weighted by Gasteiger charge is 2.24. The van der Waals surface area contributed by atoms with E-state index in [9.17, 15) is 0 Å². The Hall–Kier alpha value is -1.73. The fourth-order valence-electron chi connectivity index (χ4n) is 3.38. The Kier molecular flexibility index (Phi) is 4.13. The third kappa shape index (κ3) is 3.16. The molecule has 2 aliphatic rings. The van der Waals surface area contributed by atoms with Crippen LogP contribution in [0.1, 0.15) is 25.0 Å². The van der Waals surface area contributed by atoms with Crippen LogP contribution >= 0.6 is 0 Å². The SMILES string of the molecule is Cc1cc(N2CCC(OCC3CCOC3)CC2)n2ncnc2n1. The predicted molar refractivity (Wildman–Crippen MR) is 85.6 cm³/mol. The van der Waals surface area contributed by atoms with Gasteiger partial charge in [-0.25, -0.2) is 4.98 Å². The fraction of sp³-hybridized carbons (Fsp3) is 0.688. The van der Waals surface area contributed by atoms with Crippen molar-refractivity contribution in [1.82, 2.24) is 19.6 Å². The molecule has 0 amide bonds. The first-order chi connectivity index (χ1) is 11.3. The molecule has 0 bridgehead atoms. The van der Waals surface area contributed by atoms with E-state index in [4.69, 9.17) is 9.47 Å². The lowest BCUT2D eigenvalue weighted by atomic mass is 10.1. The van der Waals surface area contributed by atoms with E-state index in [-0.39, 0.29) is 0 Å². The minimum Gasteiger partial charge on any atom is -0.381 e. The van der Waals surface area contributed by atoms with Gasteiger partial charge in [0.25, 0.3) is 5.78 Å². The van der Waals surface area contributed by atoms with Crippen LogP contribution in [0, 0.1) is 12.8 Å². The summed E-state index contributed by atoms with van der Waals surface area (Å²) in [4.78, 5) is 11.0. The van der Waals surface area contributed by atoms with Crippen LogP contribution < -0.4 is 4.90 Å². The molecule has 0 N–H and O–H groups in total. The van der Waals surface area contributed by atoms with Gasteiger partial charge >= 0.3 is 0 Å². The number of anilines is 1. The van der Waals surface area contributed by atoms with Gasteiger partial charge in [-0.05, 0) is 26.2 Å². The molecule has 2 saturated heterocycles. The Labute approximate surface area is 135 Å². The molecule has 1 unspecified atom stereocenters. The molecule has 4 rings (SSSR count). The first-order valence-corrected chi connectivity index (χ1v) is 8.41. The van der Waals surface area contributed by atoms with Crippen LogP contribution in [0.2, 0.25) is 0 Å². The van der Waals surface area contributed by atoms with Crippen molar-refractivity contribution in [2.24, 2.45) is 5.92 Å². The molecule has 0 aromatic carbocycles. The largest absolute Gasteiger partial charge is 0.381 e. The summed E-state index contributed by atoms with van der Waals surface area (Å²) in [6, 6.07) is 2.08. The molecule has 124 valence electrons. The summed E-state index contributed by atoms with van der Waals surface area (Å²) < 4.78 is 13.3. The molecule has 2 aromatic rings. The second kappa shape index (κ2) is 6.41. The topological polar surface area (TPSA) is 64.8 Å². The van der Waals surface area contributed by atoms with Gasteiger partial charge in [0.15, 0.2) is 0 Å². The van der Waals surface area contributed by atoms with Gasteiger partial charge in [-0.2, -0.15) is 14.6 Å². The van der Waals surface area contributed by atoms with E-state index in [1.165, 1.54) is 0 Å². The Balaban J connectivity index is 1.37. The maximum Gasteiger partial charge on any atom is 0.254 e. The Bertz CT molecular complexity index is 660. The van der Waals surface area contributed by atoms with E-state index in [1.807, 2.05) is 11.4 Å². The monoisotopic (exact) mass is 317 g/mol. The molecule has 4 heterocycles. The third-order valence-corrected chi connectivity index (χ3v) is 4.72. The van der Waals surface area contributed by atoms with Gasteiger partial charge in [-0.1, -0.05) is 0 Å². The molecule has 2 aliphatic heterocycles. The molecular formula is C16H23N5O2. The number of ether oxygens (including phenoxy) is 2. The second-order valence-electron chi connectivity index (χ2n) is 6.48. The van der Waals surface area contributed by atoms with Gasteiger partial charge in [0, 0.05) is 37.4 Å². The van der Waals surface area contributed by atoms with Gasteiger partial charge in [0.2, 0.25) is 0 Å². The number of fused-ring (bicyclic) bond motifs is 1. The minimum atomic E-state index is 0.362. The lowest BCUT2D eigenvalue weighted by Gasteiger charge is -2.33. The molecule has 1 atom stereocenters. The standard InChI is InChI=1S/C16H23N5O2/c1-12-8-15(21-16(19-12)17-11-18-21)20-5-2-14(3-6-20)23-10-13-4-7-22-9-13/h8,11,13-14H,2-7,9-10H2,1H3. The van der Waals surface area contributed by atoms with Crippen LogP contribution in [-0.2, 0) is 9.47 Å². The van der Waals surface area contributed by atoms with Crippen LogP contribution in [0.15, 0.2) is 12.4 Å². The minimum absolute atomic E-state index is 0.362. The fourth-order valence-corrected chi connectivity index (χ4v) is 3.38. The number of rotatable bonds is 4. The first kappa shape index (κ1) is 14.8. The first-order valence-electron chi connectivity index (χ1n) is 8.41. The normalized spacial score (nSPS) is 23.0. The summed E-state index contributed by atoms with van der Waals surface area (Å²) in [6.07, 6.45) is 5.15. The molecule has 0 aliphatic carbocycles. The maximum atomic E-state index is 6.09. The van der Waals surface area contributed by atoms with Crippen molar-refractivity contribution in [3.05, 3.63) is 18.1 Å². The molecule has 0 saturated carbocycles. The van der Waals surface area contributed by atoms with E-state index < -0.39 is 0 Å². The number of aryl methyl sites for hydroxylation is 1. The third-order valence-electron chi connectivity index (χ3n) is 4.72. The van der Waals surface area contributed by atoms with Crippen molar-refractivity contribution in [2.45, 2.75) is 32.3 Å². The Morgan fingerprint density at radius 2 is 2.17 bits per heavy atom. The van der Waals surface area contributed by atoms with Crippen LogP contribution in [0.5, 0.6) is 0 Å². The van der Waals surface area contributed by atoms with E-state index in [1.54, 1.807) is 6.33 Å². The van der Waals surface area contributed by atoms with E-state index in [0.717, 1.165) is 63.7 Å². The summed E-state index contributed by atoms with van der Waals surface area (Å²) in [6.45, 7) is 6.54. The van der Waals surface area contributed by atoms with Crippen LogP contribution in [0.3, 0.4) is 0 Å². The highest BCUT2D eigenvalue weighted by molar-refractivity contribution is 5.47. The van der Waals surface area contributed by atoms with Crippen molar-refractivity contribution in [3.8, 4) is 0 Å². The average molecular weight is 317 g/mol. The molecule has 23 heavy (non-hydrogen) atoms. The maximum absolute atomic E-state index is 6.09. The smallest absolute Gasteiger partial charge is 0.254 e. The van der Waals surface area contributed by atoms with Gasteiger partial charge in [0.05, 0.1) is 19.3 Å². The van der Waals surface area contributed by atoms with E-state index in [2.05, 4.69) is 26.0 Å². The van der Waals surface area contributed by atoms with Crippen LogP contribution in [0.4, 0.5) is 5.82 Å². The average Bonchev–Trinajstić information content (AvgIpc) is 3.24. The Morgan fingerprint density at radius 3 is 2.96 bits per heavy atom. The summed E-state index contributed by atoms with van der Waals surface area (Å²) in [5.74, 6) is 2.33. The lowest BCUT2D eigenvalue weighted by Crippen LogP contribution is -2.38. The number of hydrogen-bond acceptors (Lipinski definition) is 6. The number of aromatic nitrogens is 4. The van der Waals surface area contributed by atoms with Crippen molar-refractivity contribution < 1.29 is 9.47 Å². The molecular weight excluding hydrogens is 294 g/mol. The second-order valence-corrected chi connectivity index (χ2v) is 6.48. The van der Waals surface area contributed by atoms with E-state index in [0.29, 0.717) is 17.8 Å². The van der Waals surface area contributed by atoms with Gasteiger partial charge in [-0.15, -0.1) is 0 Å². The predicted octanol–water partition coefficient (Wildman–Crippen LogP) is 1.45. The zero-order chi connectivity index (χ0) is 15.6. The Morgan fingerprint density at radius 1 is 1.30 bits per heavy atom. The zero-order valence-electron chi connectivity index (χ0n) is 13.5. The molecule has 2 aromatic heterocycles. The van der Waals surface area contributed by atoms with Crippen LogP contribution in [0.25, 0.3) is 5.78 Å². The van der Waals surface area contributed by atoms with Crippen molar-refractivity contribution in [2.75, 3.05) is 37.8 Å². The van der Waals surface area contributed by atoms with Gasteiger partial charge < -0.3 is 14.4 Å². The van der Waals surface area contributed by atoms with Crippen molar-refractivity contribution in [3.63, 3.8) is 0 Å². The lowest BCUT2D eigenvalue weighted by molar-refractivity contribution is 0.0131. The molecule has 7 nitrogen and oxygen atoms in total. The molecule has 2 fully saturated rings. The summed E-state index contributed by atoms with van der Waals surface area (Å²) in [5.41, 5.74) is 0.972. The van der Waals surface area contributed by atoms with Crippen LogP contribution in [-0.4, -0.2) is 58.6 Å². The zero-order valence-corrected chi connectivity index (χ0v) is 13.5. The van der Waals surface area contributed by atoms with Gasteiger partial charge in [0.1, 0.15) is 12.1 Å². The number of hydrogen-bond donors (Lipinski definition) is 0. The molecule has 7 heteroatoms. The van der Waals surface area contributed by atoms with Crippen molar-refractivity contribution in [1.29, 1.82) is 0 Å². The highest BCUT2D eigenvalue weighted by atomic mass is 16.5. The van der Waals surface area contributed by atoms with Crippen molar-refractivity contribution >= 4 is 11.6 Å². The number of nitrogens with zero attached hydrogens (tertiary/aromatic N) is 5. The molecule has 0 radical (unpaired) electrons. The van der Waals surface area contributed by atoms with Gasteiger partial charge in [-0.3, -0.25) is 0 Å². The quantitative estimate of drug-likeness (QED) is 0.850. The number of piperidine rings is 1.